The fourth-order valence-electron chi connectivity index (χ4n) is 1.37. The number of methoxy groups -OCH3 is 1. The van der Waals surface area contributed by atoms with E-state index in [0.29, 0.717) is 11.3 Å². The predicted octanol–water partition coefficient (Wildman–Crippen LogP) is 2.39. The molecular formula is C13H18N2O3. The number of carbonyl (C=O) groups is 2. The Kier molecular flexibility index (Phi) is 4.31. The minimum Gasteiger partial charge on any atom is -0.465 e. The second kappa shape index (κ2) is 5.53. The van der Waals surface area contributed by atoms with Crippen LogP contribution in [0.4, 0.5) is 10.5 Å². The number of esters is 1. The summed E-state index contributed by atoms with van der Waals surface area (Å²) in [6, 6.07) is 6.32. The van der Waals surface area contributed by atoms with E-state index in [9.17, 15) is 9.59 Å². The number of nitrogens with one attached hydrogen (secondary N) is 2. The van der Waals surface area contributed by atoms with Crippen LogP contribution in [0.2, 0.25) is 0 Å². The van der Waals surface area contributed by atoms with Gasteiger partial charge in [-0.05, 0) is 32.9 Å². The lowest BCUT2D eigenvalue weighted by molar-refractivity contribution is 0.0602. The van der Waals surface area contributed by atoms with Crippen molar-refractivity contribution in [3.05, 3.63) is 29.8 Å². The third kappa shape index (κ3) is 4.08. The van der Waals surface area contributed by atoms with Crippen LogP contribution in [0.25, 0.3) is 0 Å². The molecule has 5 heteroatoms. The van der Waals surface area contributed by atoms with Crippen LogP contribution in [0.1, 0.15) is 31.1 Å². The number of hydrogen-bond donors (Lipinski definition) is 2. The summed E-state index contributed by atoms with van der Waals surface area (Å²) >= 11 is 0. The minimum atomic E-state index is -0.485. The lowest BCUT2D eigenvalue weighted by Crippen LogP contribution is -2.43. The average molecular weight is 250 g/mol. The molecule has 98 valence electrons. The Morgan fingerprint density at radius 1 is 1.17 bits per heavy atom. The van der Waals surface area contributed by atoms with E-state index in [1.165, 1.54) is 7.11 Å². The molecule has 0 aliphatic heterocycles. The molecule has 0 bridgehead atoms. The maximum Gasteiger partial charge on any atom is 0.339 e. The van der Waals surface area contributed by atoms with Gasteiger partial charge in [-0.2, -0.15) is 0 Å². The van der Waals surface area contributed by atoms with Crippen molar-refractivity contribution < 1.29 is 14.3 Å². The highest BCUT2D eigenvalue weighted by molar-refractivity contribution is 6.00. The van der Waals surface area contributed by atoms with Gasteiger partial charge in [0.25, 0.3) is 0 Å². The maximum absolute atomic E-state index is 11.7. The molecule has 18 heavy (non-hydrogen) atoms. The zero-order chi connectivity index (χ0) is 13.8. The van der Waals surface area contributed by atoms with E-state index in [4.69, 9.17) is 0 Å². The fraction of sp³-hybridized carbons (Fsp3) is 0.385. The fourth-order valence-corrected chi connectivity index (χ4v) is 1.37. The normalized spacial score (nSPS) is 10.7. The van der Waals surface area contributed by atoms with Gasteiger partial charge in [-0.3, -0.25) is 0 Å². The molecule has 0 radical (unpaired) electrons. The van der Waals surface area contributed by atoms with Gasteiger partial charge in [0.2, 0.25) is 0 Å². The van der Waals surface area contributed by atoms with Crippen molar-refractivity contribution in [3.8, 4) is 0 Å². The second-order valence-electron chi connectivity index (χ2n) is 4.87. The standard InChI is InChI=1S/C13H18N2O3/c1-13(2,3)15-12(17)14-10-8-6-5-7-9(10)11(16)18-4/h5-8H,1-4H3,(H2,14,15,17). The molecular weight excluding hydrogens is 232 g/mol. The summed E-state index contributed by atoms with van der Waals surface area (Å²) in [5.74, 6) is -0.485. The smallest absolute Gasteiger partial charge is 0.339 e. The molecule has 1 aromatic rings. The third-order valence-corrected chi connectivity index (χ3v) is 2.07. The topological polar surface area (TPSA) is 67.4 Å². The molecule has 5 nitrogen and oxygen atoms in total. The Hall–Kier alpha value is -2.04. The van der Waals surface area contributed by atoms with Gasteiger partial charge >= 0.3 is 12.0 Å². The summed E-state index contributed by atoms with van der Waals surface area (Å²) in [6.07, 6.45) is 0. The Morgan fingerprint density at radius 3 is 2.33 bits per heavy atom. The molecule has 0 saturated heterocycles. The SMILES string of the molecule is COC(=O)c1ccccc1NC(=O)NC(C)(C)C. The summed E-state index contributed by atoms with van der Waals surface area (Å²) in [4.78, 5) is 23.2. The van der Waals surface area contributed by atoms with E-state index >= 15 is 0 Å². The van der Waals surface area contributed by atoms with Crippen LogP contribution in [-0.4, -0.2) is 24.6 Å². The molecule has 0 aromatic heterocycles. The van der Waals surface area contributed by atoms with Crippen LogP contribution in [0, 0.1) is 0 Å². The molecule has 0 unspecified atom stereocenters. The summed E-state index contributed by atoms with van der Waals surface area (Å²) < 4.78 is 4.65. The van der Waals surface area contributed by atoms with Crippen molar-refractivity contribution >= 4 is 17.7 Å². The molecule has 0 spiro atoms. The number of hydrogen-bond acceptors (Lipinski definition) is 3. The molecule has 0 heterocycles. The van der Waals surface area contributed by atoms with E-state index in [-0.39, 0.29) is 11.6 Å². The molecule has 1 aromatic carbocycles. The summed E-state index contributed by atoms with van der Waals surface area (Å²) in [5.41, 5.74) is 0.403. The number of rotatable bonds is 2. The highest BCUT2D eigenvalue weighted by Crippen LogP contribution is 2.16. The summed E-state index contributed by atoms with van der Waals surface area (Å²) in [7, 11) is 1.30. The van der Waals surface area contributed by atoms with Crippen LogP contribution < -0.4 is 10.6 Å². The molecule has 2 amide bonds. The van der Waals surface area contributed by atoms with Gasteiger partial charge in [0.15, 0.2) is 0 Å². The van der Waals surface area contributed by atoms with Crippen molar-refractivity contribution in [2.24, 2.45) is 0 Å². The van der Waals surface area contributed by atoms with E-state index in [1.54, 1.807) is 24.3 Å². The molecule has 0 fully saturated rings. The Morgan fingerprint density at radius 2 is 1.78 bits per heavy atom. The number of benzene rings is 1. The van der Waals surface area contributed by atoms with Crippen molar-refractivity contribution in [2.75, 3.05) is 12.4 Å². The van der Waals surface area contributed by atoms with Gasteiger partial charge in [0.1, 0.15) is 0 Å². The highest BCUT2D eigenvalue weighted by Gasteiger charge is 2.16. The first-order valence-corrected chi connectivity index (χ1v) is 5.60. The van der Waals surface area contributed by atoms with E-state index in [1.807, 2.05) is 20.8 Å². The highest BCUT2D eigenvalue weighted by atomic mass is 16.5. The van der Waals surface area contributed by atoms with E-state index in [2.05, 4.69) is 15.4 Å². The monoisotopic (exact) mass is 250 g/mol. The van der Waals surface area contributed by atoms with Crippen molar-refractivity contribution in [1.29, 1.82) is 0 Å². The number of anilines is 1. The van der Waals surface area contributed by atoms with Crippen LogP contribution in [0.15, 0.2) is 24.3 Å². The number of urea groups is 1. The van der Waals surface area contributed by atoms with Crippen LogP contribution in [0.5, 0.6) is 0 Å². The van der Waals surface area contributed by atoms with Gasteiger partial charge in [-0.1, -0.05) is 12.1 Å². The zero-order valence-corrected chi connectivity index (χ0v) is 11.0. The van der Waals surface area contributed by atoms with E-state index < -0.39 is 5.97 Å². The minimum absolute atomic E-state index is 0.323. The zero-order valence-electron chi connectivity index (χ0n) is 11.0. The lowest BCUT2D eigenvalue weighted by atomic mass is 10.1. The van der Waals surface area contributed by atoms with Crippen LogP contribution in [0.3, 0.4) is 0 Å². The van der Waals surface area contributed by atoms with Crippen LogP contribution >= 0.6 is 0 Å². The van der Waals surface area contributed by atoms with Crippen molar-refractivity contribution in [3.63, 3.8) is 0 Å². The number of para-hydroxylation sites is 1. The summed E-state index contributed by atoms with van der Waals surface area (Å²) in [5, 5.41) is 5.38. The molecule has 0 saturated carbocycles. The summed E-state index contributed by atoms with van der Waals surface area (Å²) in [6.45, 7) is 5.62. The Bertz CT molecular complexity index is 450. The van der Waals surface area contributed by atoms with Crippen molar-refractivity contribution in [1.82, 2.24) is 5.32 Å². The maximum atomic E-state index is 11.7. The van der Waals surface area contributed by atoms with Gasteiger partial charge in [-0.25, -0.2) is 9.59 Å². The average Bonchev–Trinajstić information content (AvgIpc) is 2.26. The molecule has 0 aliphatic rings. The first-order chi connectivity index (χ1) is 8.33. The van der Waals surface area contributed by atoms with Gasteiger partial charge in [0, 0.05) is 5.54 Å². The van der Waals surface area contributed by atoms with Crippen LogP contribution in [-0.2, 0) is 4.74 Å². The molecule has 0 aliphatic carbocycles. The molecule has 1 rings (SSSR count). The second-order valence-corrected chi connectivity index (χ2v) is 4.87. The quantitative estimate of drug-likeness (QED) is 0.792. The number of ether oxygens (including phenoxy) is 1. The number of amides is 2. The Balaban J connectivity index is 2.85. The molecule has 2 N–H and O–H groups in total. The van der Waals surface area contributed by atoms with Gasteiger partial charge < -0.3 is 15.4 Å². The Labute approximate surface area is 107 Å². The van der Waals surface area contributed by atoms with E-state index in [0.717, 1.165) is 0 Å². The van der Waals surface area contributed by atoms with Gasteiger partial charge in [-0.15, -0.1) is 0 Å². The molecule has 0 atom stereocenters. The predicted molar refractivity (Wildman–Crippen MR) is 69.7 cm³/mol. The van der Waals surface area contributed by atoms with Crippen molar-refractivity contribution in [2.45, 2.75) is 26.3 Å². The van der Waals surface area contributed by atoms with Gasteiger partial charge in [0.05, 0.1) is 18.4 Å². The first kappa shape index (κ1) is 14.0. The largest absolute Gasteiger partial charge is 0.465 e. The third-order valence-electron chi connectivity index (χ3n) is 2.07. The lowest BCUT2D eigenvalue weighted by Gasteiger charge is -2.21. The first-order valence-electron chi connectivity index (χ1n) is 5.60. The number of carbonyl (C=O) groups excluding carboxylic acids is 2.